The van der Waals surface area contributed by atoms with E-state index < -0.39 is 43.5 Å². The number of allylic oxidation sites excluding steroid dienone is 2. The minimum Gasteiger partial charge on any atom is -0.386 e. The van der Waals surface area contributed by atoms with Gasteiger partial charge in [0, 0.05) is 12.4 Å². The van der Waals surface area contributed by atoms with Crippen LogP contribution in [0.2, 0.25) is 0 Å². The van der Waals surface area contributed by atoms with E-state index in [-0.39, 0.29) is 23.7 Å². The first-order valence-electron chi connectivity index (χ1n) is 9.06. The van der Waals surface area contributed by atoms with Crippen molar-refractivity contribution in [1.29, 1.82) is 0 Å². The van der Waals surface area contributed by atoms with Crippen molar-refractivity contribution < 1.29 is 30.8 Å². The molecule has 2 rings (SSSR count). The highest BCUT2D eigenvalue weighted by Gasteiger charge is 2.47. The van der Waals surface area contributed by atoms with Gasteiger partial charge >= 0.3 is 6.18 Å². The lowest BCUT2D eigenvalue weighted by Crippen LogP contribution is -2.56. The van der Waals surface area contributed by atoms with Gasteiger partial charge in [0.05, 0.1) is 17.6 Å². The van der Waals surface area contributed by atoms with Crippen molar-refractivity contribution in [3.63, 3.8) is 0 Å². The maximum atomic E-state index is 12.6. The van der Waals surface area contributed by atoms with Crippen molar-refractivity contribution in [2.24, 2.45) is 15.7 Å². The van der Waals surface area contributed by atoms with Gasteiger partial charge in [-0.25, -0.2) is 17.8 Å². The van der Waals surface area contributed by atoms with Gasteiger partial charge in [0.2, 0.25) is 0 Å². The van der Waals surface area contributed by atoms with E-state index >= 15 is 0 Å². The lowest BCUT2D eigenvalue weighted by atomic mass is 10.1. The van der Waals surface area contributed by atoms with E-state index in [2.05, 4.69) is 20.3 Å². The third-order valence-corrected chi connectivity index (χ3v) is 7.35. The molecule has 1 aliphatic rings. The SMILES string of the molecule is CC1(C)C(N)=N[C@](C)(C=N/C(=C\C=C\F)NC(=O)c2ccc(C(F)(F)F)cn2)CS1(=O)=O. The number of carbonyl (C=O) groups excluding carboxylic acids is 1. The molecule has 0 aliphatic carbocycles. The van der Waals surface area contributed by atoms with Gasteiger partial charge < -0.3 is 11.1 Å². The Hall–Kier alpha value is -3.09. The number of amidine groups is 1. The Labute approximate surface area is 182 Å². The summed E-state index contributed by atoms with van der Waals surface area (Å²) in [6.07, 6.45) is -0.884. The first-order valence-corrected chi connectivity index (χ1v) is 10.7. The standard InChI is InChI=1S/C19H21F4N5O3S/c1-17(2)16(24)28-18(3,11-32(17,30)31)10-26-14(5-4-8-20)27-15(29)13-7-6-12(9-25-13)19(21,22)23/h4-10H,11H2,1-3H3,(H2,24,28)(H,27,29)/b8-4+,14-5+,26-10?/t18-/m1/s1. The second-order valence-electron chi connectivity index (χ2n) is 7.64. The second-order valence-corrected chi connectivity index (χ2v) is 10.2. The summed E-state index contributed by atoms with van der Waals surface area (Å²) in [6, 6.07) is 1.55. The third-order valence-electron chi connectivity index (χ3n) is 4.63. The zero-order valence-electron chi connectivity index (χ0n) is 17.3. The molecule has 0 fully saturated rings. The summed E-state index contributed by atoms with van der Waals surface area (Å²) in [4.78, 5) is 24.0. The number of nitrogens with zero attached hydrogens (tertiary/aromatic N) is 3. The summed E-state index contributed by atoms with van der Waals surface area (Å²) < 4.78 is 74.1. The largest absolute Gasteiger partial charge is 0.417 e. The van der Waals surface area contributed by atoms with Crippen LogP contribution in [-0.4, -0.2) is 47.4 Å². The van der Waals surface area contributed by atoms with Crippen molar-refractivity contribution in [3.8, 4) is 0 Å². The monoisotopic (exact) mass is 475 g/mol. The van der Waals surface area contributed by atoms with Crippen LogP contribution in [0.15, 0.2) is 52.6 Å². The van der Waals surface area contributed by atoms with Crippen LogP contribution in [0.1, 0.15) is 36.8 Å². The molecule has 0 spiro atoms. The van der Waals surface area contributed by atoms with E-state index in [1.807, 2.05) is 0 Å². The predicted octanol–water partition coefficient (Wildman–Crippen LogP) is 2.55. The molecular weight excluding hydrogens is 454 g/mol. The predicted molar refractivity (Wildman–Crippen MR) is 111 cm³/mol. The molecule has 1 atom stereocenters. The number of hydrogen-bond acceptors (Lipinski definition) is 7. The van der Waals surface area contributed by atoms with Crippen LogP contribution >= 0.6 is 0 Å². The van der Waals surface area contributed by atoms with E-state index in [1.54, 1.807) is 0 Å². The van der Waals surface area contributed by atoms with E-state index in [4.69, 9.17) is 5.73 Å². The molecule has 0 bridgehead atoms. The summed E-state index contributed by atoms with van der Waals surface area (Å²) in [6.45, 7) is 4.30. The minimum atomic E-state index is -4.62. The molecule has 1 aliphatic heterocycles. The Balaban J connectivity index is 2.29. The topological polar surface area (TPSA) is 127 Å². The first kappa shape index (κ1) is 25.2. The Kier molecular flexibility index (Phi) is 6.93. The van der Waals surface area contributed by atoms with E-state index in [0.717, 1.165) is 24.4 Å². The molecule has 2 heterocycles. The van der Waals surface area contributed by atoms with Crippen LogP contribution in [0.5, 0.6) is 0 Å². The van der Waals surface area contributed by atoms with Crippen LogP contribution < -0.4 is 11.1 Å². The molecule has 0 unspecified atom stereocenters. The average molecular weight is 475 g/mol. The van der Waals surface area contributed by atoms with Gasteiger partial charge in [-0.15, -0.1) is 0 Å². The maximum absolute atomic E-state index is 12.6. The molecule has 1 amide bonds. The third kappa shape index (κ3) is 5.58. The van der Waals surface area contributed by atoms with E-state index in [9.17, 15) is 30.8 Å². The highest BCUT2D eigenvalue weighted by Crippen LogP contribution is 2.29. The molecule has 13 heteroatoms. The Bertz CT molecular complexity index is 1110. The Morgan fingerprint density at radius 3 is 2.44 bits per heavy atom. The van der Waals surface area contributed by atoms with Crippen molar-refractivity contribution in [3.05, 3.63) is 53.9 Å². The zero-order chi connectivity index (χ0) is 24.4. The van der Waals surface area contributed by atoms with Crippen molar-refractivity contribution in [2.75, 3.05) is 5.75 Å². The fourth-order valence-corrected chi connectivity index (χ4v) is 4.20. The van der Waals surface area contributed by atoms with Gasteiger partial charge in [0.1, 0.15) is 27.6 Å². The molecule has 0 saturated carbocycles. The summed E-state index contributed by atoms with van der Waals surface area (Å²) >= 11 is 0. The highest BCUT2D eigenvalue weighted by atomic mass is 32.2. The van der Waals surface area contributed by atoms with Gasteiger partial charge in [0.15, 0.2) is 9.84 Å². The maximum Gasteiger partial charge on any atom is 0.417 e. The van der Waals surface area contributed by atoms with Crippen molar-refractivity contribution >= 4 is 27.8 Å². The second kappa shape index (κ2) is 8.81. The number of pyridine rings is 1. The summed E-state index contributed by atoms with van der Waals surface area (Å²) in [5, 5.41) is 2.26. The summed E-state index contributed by atoms with van der Waals surface area (Å²) in [7, 11) is -3.69. The fraction of sp³-hybridized carbons (Fsp3) is 0.368. The summed E-state index contributed by atoms with van der Waals surface area (Å²) in [5.41, 5.74) is 3.08. The van der Waals surface area contributed by atoms with Gasteiger partial charge in [-0.3, -0.25) is 14.8 Å². The smallest absolute Gasteiger partial charge is 0.386 e. The molecule has 1 aromatic heterocycles. The zero-order valence-corrected chi connectivity index (χ0v) is 18.1. The quantitative estimate of drug-likeness (QED) is 0.384. The number of hydrogen-bond donors (Lipinski definition) is 2. The number of nitrogens with two attached hydrogens (primary N) is 1. The number of alkyl halides is 3. The molecule has 0 aromatic carbocycles. The molecular formula is C19H21F4N5O3S. The number of aromatic nitrogens is 1. The first-order chi connectivity index (χ1) is 14.6. The number of halogens is 4. The molecule has 0 radical (unpaired) electrons. The van der Waals surface area contributed by atoms with Crippen LogP contribution in [0.25, 0.3) is 0 Å². The number of nitrogens with one attached hydrogen (secondary N) is 1. The normalized spacial score (nSPS) is 23.3. The van der Waals surface area contributed by atoms with Gasteiger partial charge in [-0.05, 0) is 45.1 Å². The number of amides is 1. The fourth-order valence-electron chi connectivity index (χ4n) is 2.56. The van der Waals surface area contributed by atoms with Crippen LogP contribution in [-0.2, 0) is 16.0 Å². The molecule has 0 saturated heterocycles. The summed E-state index contributed by atoms with van der Waals surface area (Å²) in [5.74, 6) is -1.69. The molecule has 8 nitrogen and oxygen atoms in total. The number of aliphatic imine (C=N–C) groups is 2. The van der Waals surface area contributed by atoms with Crippen LogP contribution in [0.3, 0.4) is 0 Å². The Morgan fingerprint density at radius 1 is 1.28 bits per heavy atom. The Morgan fingerprint density at radius 2 is 1.94 bits per heavy atom. The number of carbonyl (C=O) groups is 1. The lowest BCUT2D eigenvalue weighted by molar-refractivity contribution is -0.137. The van der Waals surface area contributed by atoms with Gasteiger partial charge in [0.25, 0.3) is 5.91 Å². The van der Waals surface area contributed by atoms with Crippen LogP contribution in [0.4, 0.5) is 17.6 Å². The van der Waals surface area contributed by atoms with Gasteiger partial charge in [-0.1, -0.05) is 0 Å². The lowest BCUT2D eigenvalue weighted by Gasteiger charge is -2.35. The highest BCUT2D eigenvalue weighted by molar-refractivity contribution is 7.93. The van der Waals surface area contributed by atoms with E-state index in [0.29, 0.717) is 12.3 Å². The number of rotatable bonds is 5. The molecule has 1 aromatic rings. The van der Waals surface area contributed by atoms with E-state index in [1.165, 1.54) is 20.8 Å². The minimum absolute atomic E-state index is 0.120. The van der Waals surface area contributed by atoms with Crippen molar-refractivity contribution in [1.82, 2.24) is 10.3 Å². The van der Waals surface area contributed by atoms with Crippen molar-refractivity contribution in [2.45, 2.75) is 37.2 Å². The van der Waals surface area contributed by atoms with Gasteiger partial charge in [-0.2, -0.15) is 13.2 Å². The average Bonchev–Trinajstić information content (AvgIpc) is 2.67. The molecule has 32 heavy (non-hydrogen) atoms. The molecule has 174 valence electrons. The van der Waals surface area contributed by atoms with Crippen LogP contribution in [0, 0.1) is 0 Å². The molecule has 3 N–H and O–H groups in total. The number of sulfone groups is 1.